The first-order valence-corrected chi connectivity index (χ1v) is 9.40. The quantitative estimate of drug-likeness (QED) is 0.405. The van der Waals surface area contributed by atoms with Gasteiger partial charge in [-0.15, -0.1) is 0 Å². The fourth-order valence-electron chi connectivity index (χ4n) is 3.23. The molecule has 5 N–H and O–H groups in total. The predicted molar refractivity (Wildman–Crippen MR) is 116 cm³/mol. The number of carboxylic acid groups (broad SMARTS) is 1. The summed E-state index contributed by atoms with van der Waals surface area (Å²) in [5, 5.41) is 12.8. The van der Waals surface area contributed by atoms with Crippen LogP contribution in [-0.2, 0) is 4.79 Å². The van der Waals surface area contributed by atoms with E-state index in [2.05, 4.69) is 15.3 Å². The Balaban J connectivity index is 1.71. The number of carbonyl (C=O) groups excluding carboxylic acids is 1. The zero-order chi connectivity index (χ0) is 21.3. The molecular weight excluding hydrogens is 380 g/mol. The summed E-state index contributed by atoms with van der Waals surface area (Å²) in [7, 11) is 0. The number of benzene rings is 2. The van der Waals surface area contributed by atoms with Crippen molar-refractivity contribution in [1.29, 1.82) is 0 Å². The van der Waals surface area contributed by atoms with Crippen LogP contribution in [0.4, 0.5) is 5.69 Å². The molecule has 4 rings (SSSR count). The Labute approximate surface area is 172 Å². The molecule has 150 valence electrons. The molecule has 1 amide bonds. The fourth-order valence-corrected chi connectivity index (χ4v) is 3.23. The van der Waals surface area contributed by atoms with Gasteiger partial charge < -0.3 is 21.1 Å². The minimum absolute atomic E-state index is 0.239. The van der Waals surface area contributed by atoms with Gasteiger partial charge in [0.05, 0.1) is 11.6 Å². The van der Waals surface area contributed by atoms with Crippen molar-refractivity contribution in [3.63, 3.8) is 0 Å². The molecule has 7 heteroatoms. The summed E-state index contributed by atoms with van der Waals surface area (Å²) in [5.74, 6) is -1.21. The topological polar surface area (TPSA) is 121 Å². The molecule has 0 saturated heterocycles. The number of nitrogens with one attached hydrogen (secondary N) is 2. The van der Waals surface area contributed by atoms with Gasteiger partial charge in [0.2, 0.25) is 5.91 Å². The van der Waals surface area contributed by atoms with Crippen molar-refractivity contribution in [2.75, 3.05) is 5.32 Å². The zero-order valence-corrected chi connectivity index (χ0v) is 16.2. The molecular formula is C23H20N4O3. The van der Waals surface area contributed by atoms with Gasteiger partial charge in [-0.05, 0) is 48.4 Å². The number of fused-ring (bicyclic) bond motifs is 1. The molecule has 0 saturated carbocycles. The third-order valence-corrected chi connectivity index (χ3v) is 4.85. The molecule has 0 aliphatic carbocycles. The Hall–Kier alpha value is -3.97. The first-order valence-electron chi connectivity index (χ1n) is 9.40. The van der Waals surface area contributed by atoms with Crippen LogP contribution in [0.25, 0.3) is 33.3 Å². The number of anilines is 1. The summed E-state index contributed by atoms with van der Waals surface area (Å²) in [4.78, 5) is 30.6. The SMILES string of the molecule is C[C@H](N)C(=O)Nc1cccc(-c2cnc3[nH]cc(-c4ccc(C(=O)O)cc4)c3c2)c1. The highest BCUT2D eigenvalue weighted by molar-refractivity contribution is 5.97. The number of aromatic carboxylic acids is 1. The van der Waals surface area contributed by atoms with Crippen molar-refractivity contribution in [2.24, 2.45) is 5.73 Å². The zero-order valence-electron chi connectivity index (χ0n) is 16.2. The van der Waals surface area contributed by atoms with Gasteiger partial charge in [-0.2, -0.15) is 0 Å². The second kappa shape index (κ2) is 7.81. The molecule has 30 heavy (non-hydrogen) atoms. The second-order valence-corrected chi connectivity index (χ2v) is 7.06. The Bertz CT molecular complexity index is 1240. The third-order valence-electron chi connectivity index (χ3n) is 4.85. The van der Waals surface area contributed by atoms with E-state index in [0.29, 0.717) is 5.69 Å². The van der Waals surface area contributed by atoms with Gasteiger partial charge in [-0.1, -0.05) is 24.3 Å². The number of nitrogens with zero attached hydrogens (tertiary/aromatic N) is 1. The lowest BCUT2D eigenvalue weighted by Gasteiger charge is -2.10. The van der Waals surface area contributed by atoms with Crippen LogP contribution in [0.1, 0.15) is 17.3 Å². The van der Waals surface area contributed by atoms with Crippen LogP contribution in [0.2, 0.25) is 0 Å². The van der Waals surface area contributed by atoms with E-state index in [1.54, 1.807) is 37.4 Å². The Morgan fingerprint density at radius 2 is 1.83 bits per heavy atom. The van der Waals surface area contributed by atoms with Crippen molar-refractivity contribution in [3.8, 4) is 22.3 Å². The molecule has 2 heterocycles. The van der Waals surface area contributed by atoms with Gasteiger partial charge in [0.25, 0.3) is 0 Å². The summed E-state index contributed by atoms with van der Waals surface area (Å²) in [6, 6.07) is 15.6. The van der Waals surface area contributed by atoms with Crippen molar-refractivity contribution >= 4 is 28.6 Å². The number of nitrogens with two attached hydrogens (primary N) is 1. The molecule has 0 unspecified atom stereocenters. The predicted octanol–water partition coefficient (Wildman–Crippen LogP) is 3.88. The van der Waals surface area contributed by atoms with Crippen LogP contribution in [-0.4, -0.2) is 33.0 Å². The molecule has 0 aliphatic heterocycles. The lowest BCUT2D eigenvalue weighted by Crippen LogP contribution is -2.32. The number of pyridine rings is 1. The maximum Gasteiger partial charge on any atom is 0.335 e. The van der Waals surface area contributed by atoms with E-state index in [1.165, 1.54) is 0 Å². The van der Waals surface area contributed by atoms with E-state index < -0.39 is 12.0 Å². The summed E-state index contributed by atoms with van der Waals surface area (Å²) >= 11 is 0. The van der Waals surface area contributed by atoms with E-state index in [-0.39, 0.29) is 11.5 Å². The molecule has 0 bridgehead atoms. The van der Waals surface area contributed by atoms with Gasteiger partial charge in [-0.3, -0.25) is 4.79 Å². The van der Waals surface area contributed by atoms with Gasteiger partial charge >= 0.3 is 5.97 Å². The minimum atomic E-state index is -0.958. The average molecular weight is 400 g/mol. The van der Waals surface area contributed by atoms with Crippen molar-refractivity contribution in [3.05, 3.63) is 72.6 Å². The molecule has 2 aromatic carbocycles. The van der Waals surface area contributed by atoms with Crippen LogP contribution in [0.5, 0.6) is 0 Å². The maximum absolute atomic E-state index is 11.9. The van der Waals surface area contributed by atoms with Crippen LogP contribution in [0.3, 0.4) is 0 Å². The highest BCUT2D eigenvalue weighted by Gasteiger charge is 2.12. The number of carboxylic acids is 1. The number of rotatable bonds is 5. The number of hydrogen-bond donors (Lipinski definition) is 4. The van der Waals surface area contributed by atoms with E-state index >= 15 is 0 Å². The minimum Gasteiger partial charge on any atom is -0.478 e. The smallest absolute Gasteiger partial charge is 0.335 e. The summed E-state index contributed by atoms with van der Waals surface area (Å²) in [6.45, 7) is 1.63. The average Bonchev–Trinajstić information content (AvgIpc) is 3.17. The summed E-state index contributed by atoms with van der Waals surface area (Å²) in [6.07, 6.45) is 3.62. The largest absolute Gasteiger partial charge is 0.478 e. The molecule has 0 aliphatic rings. The molecule has 7 nitrogen and oxygen atoms in total. The number of hydrogen-bond acceptors (Lipinski definition) is 4. The molecule has 0 radical (unpaired) electrons. The normalized spacial score (nSPS) is 11.9. The lowest BCUT2D eigenvalue weighted by atomic mass is 10.0. The number of aromatic nitrogens is 2. The van der Waals surface area contributed by atoms with E-state index in [9.17, 15) is 9.59 Å². The van der Waals surface area contributed by atoms with Crippen LogP contribution in [0, 0.1) is 0 Å². The van der Waals surface area contributed by atoms with Gasteiger partial charge in [-0.25, -0.2) is 9.78 Å². The summed E-state index contributed by atoms with van der Waals surface area (Å²) in [5.41, 5.74) is 10.9. The number of amides is 1. The number of H-pyrrole nitrogens is 1. The van der Waals surface area contributed by atoms with Crippen molar-refractivity contribution < 1.29 is 14.7 Å². The standard InChI is InChI=1S/C23H20N4O3/c1-13(24)22(28)27-18-4-2-3-16(9-18)17-10-19-20(12-26-21(19)25-11-17)14-5-7-15(8-6-14)23(29)30/h2-13H,24H2,1H3,(H,25,26)(H,27,28)(H,29,30)/t13-/m0/s1. The second-order valence-electron chi connectivity index (χ2n) is 7.06. The van der Waals surface area contributed by atoms with Crippen LogP contribution in [0.15, 0.2) is 67.0 Å². The van der Waals surface area contributed by atoms with Crippen LogP contribution >= 0.6 is 0 Å². The number of carbonyl (C=O) groups is 2. The molecule has 0 fully saturated rings. The van der Waals surface area contributed by atoms with Gasteiger partial charge in [0.15, 0.2) is 0 Å². The van der Waals surface area contributed by atoms with E-state index in [1.807, 2.05) is 36.5 Å². The van der Waals surface area contributed by atoms with Crippen molar-refractivity contribution in [1.82, 2.24) is 9.97 Å². The molecule has 2 aromatic heterocycles. The first kappa shape index (κ1) is 19.4. The van der Waals surface area contributed by atoms with Crippen LogP contribution < -0.4 is 11.1 Å². The highest BCUT2D eigenvalue weighted by atomic mass is 16.4. The van der Waals surface area contributed by atoms with E-state index in [0.717, 1.165) is 33.3 Å². The van der Waals surface area contributed by atoms with Gasteiger partial charge in [0, 0.05) is 34.6 Å². The maximum atomic E-state index is 11.9. The van der Waals surface area contributed by atoms with E-state index in [4.69, 9.17) is 10.8 Å². The first-order chi connectivity index (χ1) is 14.4. The lowest BCUT2D eigenvalue weighted by molar-refractivity contribution is -0.117. The Kier molecular flexibility index (Phi) is 5.04. The van der Waals surface area contributed by atoms with Crippen molar-refractivity contribution in [2.45, 2.75) is 13.0 Å². The summed E-state index contributed by atoms with van der Waals surface area (Å²) < 4.78 is 0. The third kappa shape index (κ3) is 3.78. The van der Waals surface area contributed by atoms with Gasteiger partial charge in [0.1, 0.15) is 5.65 Å². The monoisotopic (exact) mass is 400 g/mol. The fraction of sp³-hybridized carbons (Fsp3) is 0.0870. The molecule has 0 spiro atoms. The molecule has 1 atom stereocenters. The Morgan fingerprint density at radius 1 is 1.07 bits per heavy atom. The number of aromatic amines is 1. The molecule has 4 aromatic rings. The Morgan fingerprint density at radius 3 is 2.53 bits per heavy atom. The highest BCUT2D eigenvalue weighted by Crippen LogP contribution is 2.31.